The van der Waals surface area contributed by atoms with Gasteiger partial charge in [0.2, 0.25) is 5.69 Å². The van der Waals surface area contributed by atoms with E-state index in [1.807, 2.05) is 0 Å². The Bertz CT molecular complexity index is 2050. The number of nitrogens with zero attached hydrogens (tertiary/aromatic N) is 1. The predicted molar refractivity (Wildman–Crippen MR) is 174 cm³/mol. The van der Waals surface area contributed by atoms with Crippen molar-refractivity contribution in [1.82, 2.24) is 0 Å². The van der Waals surface area contributed by atoms with Gasteiger partial charge in [0.25, 0.3) is 0 Å². The summed E-state index contributed by atoms with van der Waals surface area (Å²) in [4.78, 5) is 0. The highest BCUT2D eigenvalue weighted by Crippen LogP contribution is 2.53. The zero-order chi connectivity index (χ0) is 28.8. The Balaban J connectivity index is 1.64. The largest absolute Gasteiger partial charge is 0.455 e. The summed E-state index contributed by atoms with van der Waals surface area (Å²) < 4.78 is 9.43. The van der Waals surface area contributed by atoms with E-state index in [4.69, 9.17) is 4.74 Å². The van der Waals surface area contributed by atoms with Crippen molar-refractivity contribution in [3.05, 3.63) is 89.6 Å². The monoisotopic (exact) mass is 538 g/mol. The Morgan fingerprint density at radius 1 is 0.683 bits per heavy atom. The van der Waals surface area contributed by atoms with Gasteiger partial charge in [-0.15, -0.1) is 0 Å². The molecule has 0 fully saturated rings. The third kappa shape index (κ3) is 4.19. The quantitative estimate of drug-likeness (QED) is 0.121. The molecule has 0 bridgehead atoms. The Hall–Kier alpha value is -3.91. The van der Waals surface area contributed by atoms with Crippen molar-refractivity contribution in [1.29, 1.82) is 0 Å². The van der Waals surface area contributed by atoms with Crippen LogP contribution < -0.4 is 9.30 Å². The first-order valence-corrected chi connectivity index (χ1v) is 14.9. The van der Waals surface area contributed by atoms with Gasteiger partial charge in [0, 0.05) is 17.0 Å². The number of aromatic nitrogens is 1. The maximum Gasteiger partial charge on any atom is 0.228 e. The molecule has 1 aliphatic rings. The van der Waals surface area contributed by atoms with Crippen LogP contribution in [0.5, 0.6) is 11.5 Å². The molecule has 0 spiro atoms. The van der Waals surface area contributed by atoms with E-state index in [2.05, 4.69) is 133 Å². The molecule has 1 aromatic heterocycles. The second kappa shape index (κ2) is 8.79. The van der Waals surface area contributed by atoms with Gasteiger partial charge in [-0.05, 0) is 92.2 Å². The summed E-state index contributed by atoms with van der Waals surface area (Å²) in [6.07, 6.45) is 4.21. The van der Waals surface area contributed by atoms with Gasteiger partial charge in [-0.3, -0.25) is 0 Å². The van der Waals surface area contributed by atoms with Crippen LogP contribution in [0, 0.1) is 17.8 Å². The number of pyridine rings is 1. The highest BCUT2D eigenvalue weighted by Gasteiger charge is 2.35. The normalized spacial score (nSPS) is 13.3. The maximum absolute atomic E-state index is 7.12. The van der Waals surface area contributed by atoms with Crippen LogP contribution in [0.1, 0.15) is 58.2 Å². The fourth-order valence-corrected chi connectivity index (χ4v) is 7.08. The van der Waals surface area contributed by atoms with Crippen LogP contribution in [-0.2, 0) is 19.9 Å². The van der Waals surface area contributed by atoms with Gasteiger partial charge in [-0.2, -0.15) is 0 Å². The van der Waals surface area contributed by atoms with Gasteiger partial charge in [0.1, 0.15) is 18.5 Å². The Morgan fingerprint density at radius 3 is 2.02 bits per heavy atom. The van der Waals surface area contributed by atoms with Crippen LogP contribution in [0.15, 0.2) is 72.9 Å². The molecule has 0 aliphatic carbocycles. The molecule has 2 nitrogen and oxygen atoms in total. The van der Waals surface area contributed by atoms with Gasteiger partial charge in [0.15, 0.2) is 6.20 Å². The number of benzene rings is 5. The molecule has 0 amide bonds. The van der Waals surface area contributed by atoms with Gasteiger partial charge >= 0.3 is 0 Å². The van der Waals surface area contributed by atoms with Crippen molar-refractivity contribution in [2.24, 2.45) is 17.9 Å². The molecule has 0 unspecified atom stereocenters. The van der Waals surface area contributed by atoms with E-state index in [0.717, 1.165) is 24.3 Å². The van der Waals surface area contributed by atoms with Crippen LogP contribution in [0.3, 0.4) is 0 Å². The molecule has 0 saturated heterocycles. The van der Waals surface area contributed by atoms with Crippen molar-refractivity contribution in [2.75, 3.05) is 0 Å². The molecule has 0 radical (unpaired) electrons. The van der Waals surface area contributed by atoms with Crippen molar-refractivity contribution >= 4 is 43.1 Å². The average molecular weight is 539 g/mol. The van der Waals surface area contributed by atoms with Gasteiger partial charge in [-0.1, -0.05) is 84.0 Å². The molecule has 41 heavy (non-hydrogen) atoms. The second-order valence-corrected chi connectivity index (χ2v) is 14.6. The summed E-state index contributed by atoms with van der Waals surface area (Å²) in [5, 5.41) is 10.3. The first kappa shape index (κ1) is 26.0. The third-order valence-corrected chi connectivity index (χ3v) is 8.68. The van der Waals surface area contributed by atoms with Crippen molar-refractivity contribution < 1.29 is 9.30 Å². The van der Waals surface area contributed by atoms with E-state index in [1.165, 1.54) is 71.0 Å². The van der Waals surface area contributed by atoms with Gasteiger partial charge in [-0.25, -0.2) is 4.57 Å². The lowest BCUT2D eigenvalue weighted by Crippen LogP contribution is -2.32. The average Bonchev–Trinajstić information content (AvgIpc) is 2.90. The number of hydrogen-bond donors (Lipinski definition) is 0. The molecule has 0 saturated carbocycles. The molecular weight excluding hydrogens is 498 g/mol. The SMILES string of the molecule is Cc1c2c(c(CC(C)(C)C)c3cc4ccccc4cc13)Oc1cc3cccc(CC(C)(C)C)c3c3cc[n+](C)c-2c13. The highest BCUT2D eigenvalue weighted by molar-refractivity contribution is 6.17. The van der Waals surface area contributed by atoms with Crippen LogP contribution in [0.25, 0.3) is 54.3 Å². The summed E-state index contributed by atoms with van der Waals surface area (Å²) in [6.45, 7) is 16.2. The van der Waals surface area contributed by atoms with Crippen LogP contribution >= 0.6 is 0 Å². The lowest BCUT2D eigenvalue weighted by molar-refractivity contribution is -0.659. The molecule has 2 heteroatoms. The number of rotatable bonds is 2. The molecule has 0 atom stereocenters. The first-order valence-electron chi connectivity index (χ1n) is 14.9. The number of ether oxygens (including phenoxy) is 1. The minimum absolute atomic E-state index is 0.102. The van der Waals surface area contributed by atoms with E-state index in [0.29, 0.717) is 0 Å². The van der Waals surface area contributed by atoms with Gasteiger partial charge in [0.05, 0.1) is 10.9 Å². The molecule has 6 aromatic rings. The molecule has 2 heterocycles. The predicted octanol–water partition coefficient (Wildman–Crippen LogP) is 10.4. The number of aryl methyl sites for hydroxylation is 2. The maximum atomic E-state index is 7.12. The summed E-state index contributed by atoms with van der Waals surface area (Å²) in [5.41, 5.74) is 6.79. The van der Waals surface area contributed by atoms with E-state index in [9.17, 15) is 0 Å². The molecule has 7 rings (SSSR count). The highest BCUT2D eigenvalue weighted by atomic mass is 16.5. The van der Waals surface area contributed by atoms with Crippen LogP contribution in [0.4, 0.5) is 0 Å². The Morgan fingerprint density at radius 2 is 1.34 bits per heavy atom. The Kier molecular flexibility index (Phi) is 5.58. The van der Waals surface area contributed by atoms with E-state index < -0.39 is 0 Å². The van der Waals surface area contributed by atoms with Crippen LogP contribution in [-0.4, -0.2) is 0 Å². The van der Waals surface area contributed by atoms with Crippen molar-refractivity contribution in [3.63, 3.8) is 0 Å². The van der Waals surface area contributed by atoms with E-state index >= 15 is 0 Å². The van der Waals surface area contributed by atoms with E-state index in [-0.39, 0.29) is 10.8 Å². The summed E-state index contributed by atoms with van der Waals surface area (Å²) >= 11 is 0. The van der Waals surface area contributed by atoms with Crippen LogP contribution in [0.2, 0.25) is 0 Å². The second-order valence-electron chi connectivity index (χ2n) is 14.6. The molecule has 5 aromatic carbocycles. The lowest BCUT2D eigenvalue weighted by atomic mass is 9.80. The standard InChI is InChI=1S/C39H40NO/c1-23-29-18-24-12-9-10-13-25(24)19-30(29)31(22-39(5,6)7)37-33(23)36-35-28(16-17-40(36)8)34-26(20-32(35)41-37)14-11-15-27(34)21-38(2,3)4/h9-20H,21-22H2,1-8H3/q+1. The third-order valence-electron chi connectivity index (χ3n) is 8.68. The lowest BCUT2D eigenvalue weighted by Gasteiger charge is -2.29. The fraction of sp³-hybridized carbons (Fsp3) is 0.308. The van der Waals surface area contributed by atoms with Gasteiger partial charge < -0.3 is 4.74 Å². The molecule has 0 N–H and O–H groups in total. The summed E-state index contributed by atoms with van der Waals surface area (Å²) in [5.74, 6) is 2.00. The minimum Gasteiger partial charge on any atom is -0.455 e. The topological polar surface area (TPSA) is 13.1 Å². The summed E-state index contributed by atoms with van der Waals surface area (Å²) in [6, 6.07) is 24.9. The molecule has 1 aliphatic heterocycles. The zero-order valence-electron chi connectivity index (χ0n) is 25.7. The minimum atomic E-state index is 0.102. The zero-order valence-corrected chi connectivity index (χ0v) is 25.7. The first-order chi connectivity index (χ1) is 19.4. The van der Waals surface area contributed by atoms with Crippen molar-refractivity contribution in [3.8, 4) is 22.8 Å². The van der Waals surface area contributed by atoms with E-state index in [1.54, 1.807) is 0 Å². The molecule has 206 valence electrons. The summed E-state index contributed by atoms with van der Waals surface area (Å²) in [7, 11) is 2.19. The fourth-order valence-electron chi connectivity index (χ4n) is 7.08. The molecular formula is C39H40NO+. The Labute approximate surface area is 243 Å². The number of fused-ring (bicyclic) bond motifs is 6. The number of hydrogen-bond acceptors (Lipinski definition) is 1. The smallest absolute Gasteiger partial charge is 0.228 e. The van der Waals surface area contributed by atoms with Crippen molar-refractivity contribution in [2.45, 2.75) is 61.3 Å².